The fourth-order valence-electron chi connectivity index (χ4n) is 10.5. The molecule has 6 nitrogen and oxygen atoms in total. The third kappa shape index (κ3) is 6.65. The second-order valence-electron chi connectivity index (χ2n) is 18.0. The van der Waals surface area contributed by atoms with Crippen molar-refractivity contribution < 1.29 is 0 Å². The Bertz CT molecular complexity index is 3880. The summed E-state index contributed by atoms with van der Waals surface area (Å²) in [5, 5.41) is 16.3. The second-order valence-corrected chi connectivity index (χ2v) is 18.0. The van der Waals surface area contributed by atoms with Gasteiger partial charge in [0.2, 0.25) is 0 Å². The van der Waals surface area contributed by atoms with Gasteiger partial charge in [0, 0.05) is 33.9 Å². The highest BCUT2D eigenvalue weighted by Gasteiger charge is 2.21. The molecule has 0 saturated heterocycles. The van der Waals surface area contributed by atoms with Crippen LogP contribution < -0.4 is 9.80 Å². The van der Waals surface area contributed by atoms with E-state index in [4.69, 9.17) is 19.9 Å². The van der Waals surface area contributed by atoms with Gasteiger partial charge in [0.25, 0.3) is 0 Å². The zero-order chi connectivity index (χ0) is 46.1. The third-order valence-electron chi connectivity index (χ3n) is 13.9. The lowest BCUT2D eigenvalue weighted by molar-refractivity contribution is 1.13. The zero-order valence-electron chi connectivity index (χ0n) is 37.8. The smallest absolute Gasteiger partial charge is 0.156 e. The number of aromatic nitrogens is 4. The Morgan fingerprint density at radius 1 is 0.243 bits per heavy atom. The fraction of sp³-hybridized carbons (Fsp3) is 0. The number of fused-ring (bicyclic) bond motifs is 4. The van der Waals surface area contributed by atoms with Gasteiger partial charge in [0.05, 0.1) is 36.2 Å². The van der Waals surface area contributed by atoms with Crippen LogP contribution in [0.1, 0.15) is 0 Å². The van der Waals surface area contributed by atoms with Crippen LogP contribution in [0.4, 0.5) is 34.4 Å². The number of hydrogen-bond acceptors (Lipinski definition) is 6. The highest BCUT2D eigenvalue weighted by molar-refractivity contribution is 6.28. The molecule has 0 saturated carbocycles. The largest absolute Gasteiger partial charge is 0.294 e. The average Bonchev–Trinajstić information content (AvgIpc) is 3.42. The van der Waals surface area contributed by atoms with Gasteiger partial charge < -0.3 is 0 Å². The number of hydrogen-bond donors (Lipinski definition) is 0. The molecule has 0 spiro atoms. The van der Waals surface area contributed by atoms with Crippen LogP contribution in [0.25, 0.3) is 97.9 Å². The minimum atomic E-state index is 0.737. The first-order valence-electron chi connectivity index (χ1n) is 23.6. The SMILES string of the molecule is c1ccc2cc(N(c3ccc4ccccc4c3)c3cnc(-c4cc5cccc6c(-c7cnc(N(c8ccc9ccccc9c8)c8ccc9ccccc9c8)cn7)cc7cccc4c7c56)cn3)ccc2c1. The first kappa shape index (κ1) is 39.6. The van der Waals surface area contributed by atoms with Crippen molar-refractivity contribution in [3.05, 3.63) is 243 Å². The molecule has 0 aliphatic heterocycles. The maximum absolute atomic E-state index is 5.19. The van der Waals surface area contributed by atoms with E-state index in [1.54, 1.807) is 0 Å². The van der Waals surface area contributed by atoms with E-state index in [2.05, 4.69) is 228 Å². The van der Waals surface area contributed by atoms with Crippen molar-refractivity contribution in [1.29, 1.82) is 0 Å². The van der Waals surface area contributed by atoms with Gasteiger partial charge in [-0.2, -0.15) is 0 Å². The summed E-state index contributed by atoms with van der Waals surface area (Å²) >= 11 is 0. The van der Waals surface area contributed by atoms with Crippen LogP contribution in [-0.4, -0.2) is 19.9 Å². The van der Waals surface area contributed by atoms with Gasteiger partial charge in [0.1, 0.15) is 0 Å². The van der Waals surface area contributed by atoms with Gasteiger partial charge in [-0.15, -0.1) is 0 Å². The van der Waals surface area contributed by atoms with Crippen molar-refractivity contribution in [2.45, 2.75) is 0 Å². The molecule has 0 atom stereocenters. The second kappa shape index (κ2) is 16.1. The maximum Gasteiger partial charge on any atom is 0.156 e. The van der Waals surface area contributed by atoms with Gasteiger partial charge in [-0.3, -0.25) is 19.8 Å². The lowest BCUT2D eigenvalue weighted by atomic mass is 9.87. The minimum absolute atomic E-state index is 0.737. The molecule has 14 aromatic rings. The number of nitrogens with zero attached hydrogens (tertiary/aromatic N) is 6. The summed E-state index contributed by atoms with van der Waals surface area (Å²) in [6, 6.07) is 77.7. The summed E-state index contributed by atoms with van der Waals surface area (Å²) in [7, 11) is 0. The molecule has 0 N–H and O–H groups in total. The van der Waals surface area contributed by atoms with Gasteiger partial charge >= 0.3 is 0 Å². The minimum Gasteiger partial charge on any atom is -0.294 e. The molecule has 2 heterocycles. The van der Waals surface area contributed by atoms with Crippen LogP contribution in [0.15, 0.2) is 243 Å². The predicted octanol–water partition coefficient (Wildman–Crippen LogP) is 17.1. The fourth-order valence-corrected chi connectivity index (χ4v) is 10.5. The van der Waals surface area contributed by atoms with E-state index in [1.165, 1.54) is 32.3 Å². The first-order chi connectivity index (χ1) is 34.7. The van der Waals surface area contributed by atoms with E-state index in [0.29, 0.717) is 0 Å². The van der Waals surface area contributed by atoms with E-state index < -0.39 is 0 Å². The van der Waals surface area contributed by atoms with Crippen molar-refractivity contribution in [2.75, 3.05) is 9.80 Å². The Morgan fingerprint density at radius 3 is 0.871 bits per heavy atom. The van der Waals surface area contributed by atoms with Gasteiger partial charge in [0.15, 0.2) is 11.6 Å². The average molecular weight is 893 g/mol. The Morgan fingerprint density at radius 2 is 0.557 bits per heavy atom. The van der Waals surface area contributed by atoms with E-state index in [9.17, 15) is 0 Å². The summed E-state index contributed by atoms with van der Waals surface area (Å²) in [6.07, 6.45) is 7.66. The lowest BCUT2D eigenvalue weighted by Gasteiger charge is -2.25. The Hall–Kier alpha value is -9.52. The first-order valence-corrected chi connectivity index (χ1v) is 23.6. The maximum atomic E-state index is 5.19. The van der Waals surface area contributed by atoms with Crippen molar-refractivity contribution in [2.24, 2.45) is 0 Å². The standard InChI is InChI=1S/C64H40N6/c1-5-15-45-31-51(27-23-41(45)11-1)69(52-28-24-42-12-2-6-16-46(42)32-52)61-39-65-59(37-67-61)57-35-49-19-10-22-56-58(36-50-20-9-21-55(57)63(50)64(49)56)60-38-68-62(40-66-60)70(53-29-25-43-13-3-7-17-47(43)33-53)54-30-26-44-14-4-8-18-48(44)34-54/h1-40H. The summed E-state index contributed by atoms with van der Waals surface area (Å²) in [5.41, 5.74) is 7.74. The van der Waals surface area contributed by atoms with Crippen LogP contribution in [0, 0.1) is 0 Å². The quantitative estimate of drug-likeness (QED) is 0.142. The summed E-state index contributed by atoms with van der Waals surface area (Å²) in [5.74, 6) is 1.47. The molecule has 14 rings (SSSR count). The molecule has 12 aromatic carbocycles. The van der Waals surface area contributed by atoms with Crippen LogP contribution in [0.5, 0.6) is 0 Å². The molecular weight excluding hydrogens is 853 g/mol. The summed E-state index contributed by atoms with van der Waals surface area (Å²) < 4.78 is 0. The third-order valence-corrected chi connectivity index (χ3v) is 13.9. The molecule has 2 aromatic heterocycles. The topological polar surface area (TPSA) is 58.0 Å². The molecule has 0 aliphatic carbocycles. The Kier molecular flexibility index (Phi) is 9.10. The molecule has 0 fully saturated rings. The summed E-state index contributed by atoms with van der Waals surface area (Å²) in [4.78, 5) is 25.1. The molecule has 0 radical (unpaired) electrons. The van der Waals surface area contributed by atoms with Crippen molar-refractivity contribution in [3.8, 4) is 22.5 Å². The molecular formula is C64H40N6. The molecule has 326 valence electrons. The van der Waals surface area contributed by atoms with Gasteiger partial charge in [-0.25, -0.2) is 9.97 Å². The Labute approximate surface area is 403 Å². The van der Waals surface area contributed by atoms with E-state index in [0.717, 1.165) is 100.0 Å². The molecule has 6 heteroatoms. The van der Waals surface area contributed by atoms with Crippen molar-refractivity contribution >= 4 is 110 Å². The van der Waals surface area contributed by atoms with E-state index >= 15 is 0 Å². The number of benzene rings is 12. The van der Waals surface area contributed by atoms with E-state index in [1.807, 2.05) is 24.8 Å². The van der Waals surface area contributed by atoms with Crippen LogP contribution in [0.3, 0.4) is 0 Å². The monoisotopic (exact) mass is 892 g/mol. The molecule has 0 unspecified atom stereocenters. The van der Waals surface area contributed by atoms with E-state index in [-0.39, 0.29) is 0 Å². The van der Waals surface area contributed by atoms with Gasteiger partial charge in [-0.05, 0) is 136 Å². The normalized spacial score (nSPS) is 11.7. The predicted molar refractivity (Wildman–Crippen MR) is 292 cm³/mol. The molecule has 0 bridgehead atoms. The highest BCUT2D eigenvalue weighted by atomic mass is 15.2. The van der Waals surface area contributed by atoms with Crippen LogP contribution in [-0.2, 0) is 0 Å². The zero-order valence-corrected chi connectivity index (χ0v) is 37.8. The molecule has 0 aliphatic rings. The van der Waals surface area contributed by atoms with Crippen LogP contribution in [0.2, 0.25) is 0 Å². The van der Waals surface area contributed by atoms with Crippen molar-refractivity contribution in [1.82, 2.24) is 19.9 Å². The molecule has 70 heavy (non-hydrogen) atoms. The summed E-state index contributed by atoms with van der Waals surface area (Å²) in [6.45, 7) is 0. The molecule has 0 amide bonds. The lowest BCUT2D eigenvalue weighted by Crippen LogP contribution is -2.12. The van der Waals surface area contributed by atoms with Crippen molar-refractivity contribution in [3.63, 3.8) is 0 Å². The van der Waals surface area contributed by atoms with Crippen LogP contribution >= 0.6 is 0 Å². The van der Waals surface area contributed by atoms with Gasteiger partial charge in [-0.1, -0.05) is 158 Å². The highest BCUT2D eigenvalue weighted by Crippen LogP contribution is 2.45. The number of anilines is 6. The Balaban J connectivity index is 0.855. The number of rotatable bonds is 8.